The lowest BCUT2D eigenvalue weighted by molar-refractivity contribution is 0.0696. The van der Waals surface area contributed by atoms with Gasteiger partial charge in [0.2, 0.25) is 0 Å². The van der Waals surface area contributed by atoms with Crippen molar-refractivity contribution < 1.29 is 18.7 Å². The molecule has 0 bridgehead atoms. The number of halogens is 2. The van der Waals surface area contributed by atoms with Gasteiger partial charge in [0.15, 0.2) is 0 Å². The highest BCUT2D eigenvalue weighted by atomic mass is 19.1. The van der Waals surface area contributed by atoms with Crippen LogP contribution in [0.1, 0.15) is 16.1 Å². The molecule has 17 heavy (non-hydrogen) atoms. The van der Waals surface area contributed by atoms with E-state index in [-0.39, 0.29) is 16.9 Å². The third-order valence-corrected chi connectivity index (χ3v) is 2.24. The van der Waals surface area contributed by atoms with Gasteiger partial charge in [0.25, 0.3) is 0 Å². The number of rotatable bonds is 2. The highest BCUT2D eigenvalue weighted by Crippen LogP contribution is 2.15. The maximum absolute atomic E-state index is 13.0. The van der Waals surface area contributed by atoms with Crippen molar-refractivity contribution >= 4 is 5.97 Å². The molecular formula is C11H8F2N2O2. The number of hydrogen-bond donors (Lipinski definition) is 1. The molecule has 0 fully saturated rings. The van der Waals surface area contributed by atoms with E-state index < -0.39 is 17.6 Å². The Kier molecular flexibility index (Phi) is 2.63. The predicted octanol–water partition coefficient (Wildman–Crippen LogP) is 2.16. The second-order valence-corrected chi connectivity index (χ2v) is 3.51. The molecule has 1 N–H and O–H groups in total. The number of aryl methyl sites for hydroxylation is 1. The van der Waals surface area contributed by atoms with Gasteiger partial charge in [-0.1, -0.05) is 0 Å². The first kappa shape index (κ1) is 11.3. The van der Waals surface area contributed by atoms with Crippen LogP contribution in [0, 0.1) is 18.6 Å². The number of aromatic carboxylic acids is 1. The molecule has 1 aromatic carbocycles. The molecule has 0 aliphatic heterocycles. The topological polar surface area (TPSA) is 55.1 Å². The second-order valence-electron chi connectivity index (χ2n) is 3.51. The van der Waals surface area contributed by atoms with Gasteiger partial charge in [0, 0.05) is 12.3 Å². The summed E-state index contributed by atoms with van der Waals surface area (Å²) in [4.78, 5) is 10.8. The molecule has 2 rings (SSSR count). The lowest BCUT2D eigenvalue weighted by Crippen LogP contribution is -1.97. The lowest BCUT2D eigenvalue weighted by Gasteiger charge is -2.01. The summed E-state index contributed by atoms with van der Waals surface area (Å²) in [5.41, 5.74) is 0.412. The van der Waals surface area contributed by atoms with Crippen molar-refractivity contribution in [1.82, 2.24) is 9.78 Å². The van der Waals surface area contributed by atoms with Gasteiger partial charge >= 0.3 is 5.97 Å². The largest absolute Gasteiger partial charge is 0.478 e. The molecule has 1 heterocycles. The minimum Gasteiger partial charge on any atom is -0.478 e. The summed E-state index contributed by atoms with van der Waals surface area (Å²) in [5, 5.41) is 12.7. The van der Waals surface area contributed by atoms with Crippen LogP contribution < -0.4 is 0 Å². The summed E-state index contributed by atoms with van der Waals surface area (Å²) in [6.07, 6.45) is 1.21. The predicted molar refractivity (Wildman–Crippen MR) is 55.2 cm³/mol. The summed E-state index contributed by atoms with van der Waals surface area (Å²) < 4.78 is 27.1. The zero-order valence-corrected chi connectivity index (χ0v) is 8.82. The first-order chi connectivity index (χ1) is 7.97. The quantitative estimate of drug-likeness (QED) is 0.872. The molecule has 0 aliphatic rings. The molecule has 0 radical (unpaired) electrons. The number of aromatic nitrogens is 2. The van der Waals surface area contributed by atoms with Crippen LogP contribution in [-0.4, -0.2) is 20.9 Å². The number of carboxylic acids is 1. The van der Waals surface area contributed by atoms with Crippen LogP contribution in [-0.2, 0) is 0 Å². The van der Waals surface area contributed by atoms with E-state index in [0.29, 0.717) is 0 Å². The third-order valence-electron chi connectivity index (χ3n) is 2.24. The maximum atomic E-state index is 13.0. The maximum Gasteiger partial charge on any atom is 0.339 e. The zero-order chi connectivity index (χ0) is 12.6. The summed E-state index contributed by atoms with van der Waals surface area (Å²) in [6, 6.07) is 2.88. The second kappa shape index (κ2) is 3.97. The Hall–Kier alpha value is -2.24. The molecule has 4 nitrogen and oxygen atoms in total. The van der Waals surface area contributed by atoms with E-state index in [0.717, 1.165) is 22.9 Å². The van der Waals surface area contributed by atoms with Crippen molar-refractivity contribution in [1.29, 1.82) is 0 Å². The molecular weight excluding hydrogens is 230 g/mol. The van der Waals surface area contributed by atoms with Crippen molar-refractivity contribution in [2.45, 2.75) is 6.92 Å². The van der Waals surface area contributed by atoms with Gasteiger partial charge in [-0.2, -0.15) is 5.10 Å². The van der Waals surface area contributed by atoms with Crippen molar-refractivity contribution in [3.05, 3.63) is 47.3 Å². The molecule has 0 amide bonds. The highest BCUT2D eigenvalue weighted by molar-refractivity contribution is 5.88. The van der Waals surface area contributed by atoms with Crippen LogP contribution in [0.15, 0.2) is 24.4 Å². The molecule has 0 unspecified atom stereocenters. The van der Waals surface area contributed by atoms with E-state index >= 15 is 0 Å². The number of carboxylic acid groups (broad SMARTS) is 1. The number of hydrogen-bond acceptors (Lipinski definition) is 2. The Labute approximate surface area is 95.1 Å². The standard InChI is InChI=1S/C11H8F2N2O2/c1-6-10(11(16)17)5-15(14-6)9-3-7(12)2-8(13)4-9/h2-5H,1H3,(H,16,17). The summed E-state index contributed by atoms with van der Waals surface area (Å²) in [6.45, 7) is 1.51. The van der Waals surface area contributed by atoms with Crippen LogP contribution in [0.3, 0.4) is 0 Å². The summed E-state index contributed by atoms with van der Waals surface area (Å²) >= 11 is 0. The molecule has 2 aromatic rings. The number of carbonyl (C=O) groups is 1. The van der Waals surface area contributed by atoms with Crippen LogP contribution in [0.25, 0.3) is 5.69 Å². The molecule has 1 aromatic heterocycles. The van der Waals surface area contributed by atoms with Crippen LogP contribution in [0.5, 0.6) is 0 Å². The van der Waals surface area contributed by atoms with Crippen LogP contribution in [0.2, 0.25) is 0 Å². The van der Waals surface area contributed by atoms with E-state index in [4.69, 9.17) is 5.11 Å². The van der Waals surface area contributed by atoms with Gasteiger partial charge in [-0.15, -0.1) is 0 Å². The SMILES string of the molecule is Cc1nn(-c2cc(F)cc(F)c2)cc1C(=O)O. The minimum absolute atomic E-state index is 0.00494. The average Bonchev–Trinajstić information content (AvgIpc) is 2.59. The Balaban J connectivity index is 2.53. The van der Waals surface area contributed by atoms with Crippen LogP contribution >= 0.6 is 0 Å². The molecule has 6 heteroatoms. The zero-order valence-electron chi connectivity index (χ0n) is 8.82. The molecule has 0 saturated carbocycles. The van der Waals surface area contributed by atoms with Gasteiger partial charge in [-0.3, -0.25) is 0 Å². The molecule has 0 saturated heterocycles. The molecule has 0 spiro atoms. The normalized spacial score (nSPS) is 10.5. The van der Waals surface area contributed by atoms with E-state index in [9.17, 15) is 13.6 Å². The van der Waals surface area contributed by atoms with E-state index in [1.54, 1.807) is 0 Å². The molecule has 0 atom stereocenters. The van der Waals surface area contributed by atoms with Gasteiger partial charge in [0.1, 0.15) is 17.2 Å². The third kappa shape index (κ3) is 2.15. The summed E-state index contributed by atoms with van der Waals surface area (Å²) in [5.74, 6) is -2.62. The molecule has 0 aliphatic carbocycles. The van der Waals surface area contributed by atoms with Crippen molar-refractivity contribution in [2.24, 2.45) is 0 Å². The van der Waals surface area contributed by atoms with Gasteiger partial charge in [0.05, 0.1) is 11.4 Å². The summed E-state index contributed by atoms with van der Waals surface area (Å²) in [7, 11) is 0. The lowest BCUT2D eigenvalue weighted by atomic mass is 10.3. The fourth-order valence-corrected chi connectivity index (χ4v) is 1.47. The fraction of sp³-hybridized carbons (Fsp3) is 0.0909. The van der Waals surface area contributed by atoms with Crippen LogP contribution in [0.4, 0.5) is 8.78 Å². The Morgan fingerprint density at radius 2 is 1.88 bits per heavy atom. The van der Waals surface area contributed by atoms with Crippen molar-refractivity contribution in [3.63, 3.8) is 0 Å². The van der Waals surface area contributed by atoms with Gasteiger partial charge in [-0.25, -0.2) is 18.3 Å². The first-order valence-electron chi connectivity index (χ1n) is 4.73. The highest BCUT2D eigenvalue weighted by Gasteiger charge is 2.13. The first-order valence-corrected chi connectivity index (χ1v) is 4.73. The van der Waals surface area contributed by atoms with Gasteiger partial charge in [-0.05, 0) is 19.1 Å². The van der Waals surface area contributed by atoms with E-state index in [1.807, 2.05) is 0 Å². The Bertz CT molecular complexity index is 573. The Morgan fingerprint density at radius 1 is 1.29 bits per heavy atom. The Morgan fingerprint density at radius 3 is 2.35 bits per heavy atom. The van der Waals surface area contributed by atoms with Crippen molar-refractivity contribution in [2.75, 3.05) is 0 Å². The van der Waals surface area contributed by atoms with Crippen molar-refractivity contribution in [3.8, 4) is 5.69 Å². The monoisotopic (exact) mass is 238 g/mol. The number of benzene rings is 1. The fourth-order valence-electron chi connectivity index (χ4n) is 1.47. The average molecular weight is 238 g/mol. The number of nitrogens with zero attached hydrogens (tertiary/aromatic N) is 2. The van der Waals surface area contributed by atoms with Gasteiger partial charge < -0.3 is 5.11 Å². The van der Waals surface area contributed by atoms with E-state index in [2.05, 4.69) is 5.10 Å². The molecule has 88 valence electrons. The minimum atomic E-state index is -1.13. The smallest absolute Gasteiger partial charge is 0.339 e. The van der Waals surface area contributed by atoms with E-state index in [1.165, 1.54) is 13.1 Å².